The summed E-state index contributed by atoms with van der Waals surface area (Å²) in [6, 6.07) is 8.17. The van der Waals surface area contributed by atoms with Crippen molar-refractivity contribution in [2.24, 2.45) is 5.92 Å². The monoisotopic (exact) mass is 375 g/mol. The van der Waals surface area contributed by atoms with Gasteiger partial charge in [-0.2, -0.15) is 5.10 Å². The van der Waals surface area contributed by atoms with E-state index in [9.17, 15) is 4.79 Å². The third kappa shape index (κ3) is 5.20. The molecule has 1 aliphatic carbocycles. The molecule has 23 heavy (non-hydrogen) atoms. The summed E-state index contributed by atoms with van der Waals surface area (Å²) in [4.78, 5) is 11.8. The van der Waals surface area contributed by atoms with Crippen molar-refractivity contribution in [3.63, 3.8) is 0 Å². The minimum absolute atomic E-state index is 0.157. The lowest BCUT2D eigenvalue weighted by Crippen LogP contribution is -2.24. The summed E-state index contributed by atoms with van der Waals surface area (Å²) in [5.74, 6) is 1.03. The number of carbonyl (C=O) groups excluding carboxylic acids is 1. The van der Waals surface area contributed by atoms with Gasteiger partial charge in [0.1, 0.15) is 0 Å². The van der Waals surface area contributed by atoms with E-state index in [1.165, 1.54) is 12.8 Å². The maximum Gasteiger partial charge on any atom is 0.220 e. The van der Waals surface area contributed by atoms with Gasteiger partial charge in [-0.25, -0.2) is 0 Å². The number of nitrogens with one attached hydrogen (secondary N) is 1. The Morgan fingerprint density at radius 1 is 1.35 bits per heavy atom. The van der Waals surface area contributed by atoms with Gasteiger partial charge < -0.3 is 5.32 Å². The zero-order valence-corrected chi connectivity index (χ0v) is 14.8. The lowest BCUT2D eigenvalue weighted by molar-refractivity contribution is -0.121. The highest BCUT2D eigenvalue weighted by Gasteiger charge is 2.20. The van der Waals surface area contributed by atoms with Crippen molar-refractivity contribution in [1.29, 1.82) is 0 Å². The molecular formula is C18H22BrN3O. The van der Waals surface area contributed by atoms with Crippen molar-refractivity contribution in [2.75, 3.05) is 6.54 Å². The molecule has 1 N–H and O–H groups in total. The number of carbonyl (C=O) groups is 1. The van der Waals surface area contributed by atoms with Crippen LogP contribution in [0.2, 0.25) is 0 Å². The van der Waals surface area contributed by atoms with Crippen LogP contribution in [0, 0.1) is 5.92 Å². The summed E-state index contributed by atoms with van der Waals surface area (Å²) >= 11 is 3.49. The first-order chi connectivity index (χ1) is 11.2. The number of nitrogens with zero attached hydrogens (tertiary/aromatic N) is 2. The lowest BCUT2D eigenvalue weighted by atomic mass is 10.1. The zero-order valence-electron chi connectivity index (χ0n) is 13.2. The number of hydrogen-bond donors (Lipinski definition) is 1. The second kappa shape index (κ2) is 7.77. The summed E-state index contributed by atoms with van der Waals surface area (Å²) in [6.45, 7) is 1.60. The van der Waals surface area contributed by atoms with Crippen LogP contribution in [0.3, 0.4) is 0 Å². The predicted molar refractivity (Wildman–Crippen MR) is 94.9 cm³/mol. The van der Waals surface area contributed by atoms with Crippen molar-refractivity contribution in [1.82, 2.24) is 15.1 Å². The molecule has 0 aliphatic heterocycles. The van der Waals surface area contributed by atoms with Crippen molar-refractivity contribution >= 4 is 21.8 Å². The molecule has 122 valence electrons. The molecule has 0 spiro atoms. The highest BCUT2D eigenvalue weighted by Crippen LogP contribution is 2.31. The Bertz CT molecular complexity index is 664. The number of hydrogen-bond acceptors (Lipinski definition) is 2. The number of aromatic nitrogens is 2. The molecule has 1 aliphatic rings. The van der Waals surface area contributed by atoms with Crippen LogP contribution in [-0.4, -0.2) is 22.2 Å². The van der Waals surface area contributed by atoms with E-state index < -0.39 is 0 Å². The third-order valence-corrected chi connectivity index (χ3v) is 4.65. The Kier molecular flexibility index (Phi) is 5.49. The lowest BCUT2D eigenvalue weighted by Gasteiger charge is -2.04. The third-order valence-electron chi connectivity index (χ3n) is 4.15. The van der Waals surface area contributed by atoms with Crippen molar-refractivity contribution in [2.45, 2.75) is 38.6 Å². The van der Waals surface area contributed by atoms with Crippen molar-refractivity contribution in [3.8, 4) is 11.1 Å². The fraction of sp³-hybridized carbons (Fsp3) is 0.444. The van der Waals surface area contributed by atoms with Gasteiger partial charge in [-0.3, -0.25) is 9.48 Å². The van der Waals surface area contributed by atoms with E-state index in [4.69, 9.17) is 0 Å². The van der Waals surface area contributed by atoms with E-state index in [2.05, 4.69) is 38.5 Å². The maximum absolute atomic E-state index is 11.8. The van der Waals surface area contributed by atoms with Gasteiger partial charge in [0.2, 0.25) is 5.91 Å². The smallest absolute Gasteiger partial charge is 0.220 e. The van der Waals surface area contributed by atoms with E-state index in [0.29, 0.717) is 6.42 Å². The molecular weight excluding hydrogens is 354 g/mol. The molecule has 1 amide bonds. The van der Waals surface area contributed by atoms with Gasteiger partial charge in [0, 0.05) is 35.7 Å². The van der Waals surface area contributed by atoms with Gasteiger partial charge in [0.05, 0.1) is 6.20 Å². The highest BCUT2D eigenvalue weighted by molar-refractivity contribution is 9.10. The molecule has 1 aromatic carbocycles. The van der Waals surface area contributed by atoms with Crippen LogP contribution in [0.4, 0.5) is 0 Å². The van der Waals surface area contributed by atoms with Crippen LogP contribution in [-0.2, 0) is 11.3 Å². The molecule has 4 nitrogen and oxygen atoms in total. The van der Waals surface area contributed by atoms with Crippen molar-refractivity contribution < 1.29 is 4.79 Å². The molecule has 1 heterocycles. The van der Waals surface area contributed by atoms with Crippen LogP contribution >= 0.6 is 15.9 Å². The first-order valence-electron chi connectivity index (χ1n) is 8.26. The normalized spacial score (nSPS) is 14.0. The van der Waals surface area contributed by atoms with E-state index in [1.54, 1.807) is 0 Å². The van der Waals surface area contributed by atoms with Crippen molar-refractivity contribution in [3.05, 3.63) is 41.1 Å². The fourth-order valence-electron chi connectivity index (χ4n) is 2.62. The Balaban J connectivity index is 1.41. The summed E-state index contributed by atoms with van der Waals surface area (Å²) in [6.07, 6.45) is 9.11. The van der Waals surface area contributed by atoms with Gasteiger partial charge in [-0.1, -0.05) is 40.9 Å². The molecule has 2 aromatic rings. The Morgan fingerprint density at radius 3 is 3.00 bits per heavy atom. The predicted octanol–water partition coefficient (Wildman–Crippen LogP) is 4.01. The molecule has 1 fully saturated rings. The molecule has 5 heteroatoms. The van der Waals surface area contributed by atoms with Gasteiger partial charge >= 0.3 is 0 Å². The van der Waals surface area contributed by atoms with Gasteiger partial charge in [-0.05, 0) is 36.5 Å². The molecule has 1 aromatic heterocycles. The first kappa shape index (κ1) is 16.2. The number of halogens is 1. The molecule has 0 saturated heterocycles. The summed E-state index contributed by atoms with van der Waals surface area (Å²) in [7, 11) is 0. The molecule has 0 bridgehead atoms. The Hall–Kier alpha value is -1.62. The quantitative estimate of drug-likeness (QED) is 0.757. The zero-order chi connectivity index (χ0) is 16.1. The first-order valence-corrected chi connectivity index (χ1v) is 9.05. The van der Waals surface area contributed by atoms with Gasteiger partial charge in [0.25, 0.3) is 0 Å². The van der Waals surface area contributed by atoms with Crippen LogP contribution < -0.4 is 5.32 Å². The number of aryl methyl sites for hydroxylation is 1. The molecule has 1 saturated carbocycles. The molecule has 0 unspecified atom stereocenters. The van der Waals surface area contributed by atoms with Crippen LogP contribution in [0.5, 0.6) is 0 Å². The highest BCUT2D eigenvalue weighted by atomic mass is 79.9. The molecule has 0 radical (unpaired) electrons. The summed E-state index contributed by atoms with van der Waals surface area (Å²) in [5, 5.41) is 7.39. The minimum atomic E-state index is 0.157. The SMILES string of the molecule is O=C(CCCn1cc(-c2cccc(Br)c2)cn1)NCCC1CC1. The van der Waals surface area contributed by atoms with Crippen LogP contribution in [0.15, 0.2) is 41.1 Å². The summed E-state index contributed by atoms with van der Waals surface area (Å²) < 4.78 is 2.97. The molecule has 0 atom stereocenters. The van der Waals surface area contributed by atoms with E-state index >= 15 is 0 Å². The van der Waals surface area contributed by atoms with Gasteiger partial charge in [-0.15, -0.1) is 0 Å². The number of rotatable bonds is 8. The molecule has 3 rings (SSSR count). The largest absolute Gasteiger partial charge is 0.356 e. The van der Waals surface area contributed by atoms with E-state index in [-0.39, 0.29) is 5.91 Å². The maximum atomic E-state index is 11.8. The second-order valence-corrected chi connectivity index (χ2v) is 7.10. The topological polar surface area (TPSA) is 46.9 Å². The van der Waals surface area contributed by atoms with Crippen LogP contribution in [0.1, 0.15) is 32.1 Å². The number of benzene rings is 1. The Morgan fingerprint density at radius 2 is 2.22 bits per heavy atom. The van der Waals surface area contributed by atoms with E-state index in [0.717, 1.165) is 47.4 Å². The average molecular weight is 376 g/mol. The van der Waals surface area contributed by atoms with E-state index in [1.807, 2.05) is 29.2 Å². The van der Waals surface area contributed by atoms with Crippen LogP contribution in [0.25, 0.3) is 11.1 Å². The Labute approximate surface area is 145 Å². The minimum Gasteiger partial charge on any atom is -0.356 e. The summed E-state index contributed by atoms with van der Waals surface area (Å²) in [5.41, 5.74) is 2.24. The second-order valence-electron chi connectivity index (χ2n) is 6.19. The number of amides is 1. The standard InChI is InChI=1S/C18H22BrN3O/c19-17-4-1-3-15(11-17)16-12-21-22(13-16)10-2-5-18(23)20-9-8-14-6-7-14/h1,3-4,11-14H,2,5-10H2,(H,20,23). The van der Waals surface area contributed by atoms with Gasteiger partial charge in [0.15, 0.2) is 0 Å². The average Bonchev–Trinajstić information content (AvgIpc) is 3.23. The fourth-order valence-corrected chi connectivity index (χ4v) is 3.01.